The number of anilines is 1. The molecule has 0 spiro atoms. The standard InChI is InChI=1S/C27H29N5O3/c1-2-34-19-20-35-27(33)21-5-7-22(8-6-21)28-29-23-9-11-24(12-10-23)30-31-25-13-15-26(16-14-25)32-17-3-4-18-32/h5-16H,2-4,17-20H2,1H3. The lowest BCUT2D eigenvalue weighted by molar-refractivity contribution is 0.0335. The van der Waals surface area contributed by atoms with Crippen LogP contribution in [0.2, 0.25) is 0 Å². The number of benzene rings is 3. The number of rotatable bonds is 10. The summed E-state index contributed by atoms with van der Waals surface area (Å²) in [5.41, 5.74) is 4.58. The molecular weight excluding hydrogens is 442 g/mol. The maximum atomic E-state index is 12.0. The molecule has 0 N–H and O–H groups in total. The first kappa shape index (κ1) is 24.2. The lowest BCUT2D eigenvalue weighted by Crippen LogP contribution is -2.17. The minimum absolute atomic E-state index is 0.231. The van der Waals surface area contributed by atoms with Crippen molar-refractivity contribution in [3.05, 3.63) is 78.4 Å². The fourth-order valence-corrected chi connectivity index (χ4v) is 3.61. The van der Waals surface area contributed by atoms with Crippen molar-refractivity contribution in [2.45, 2.75) is 19.8 Å². The van der Waals surface area contributed by atoms with Crippen molar-refractivity contribution in [2.24, 2.45) is 20.5 Å². The molecule has 1 heterocycles. The summed E-state index contributed by atoms with van der Waals surface area (Å²) in [5.74, 6) is -0.388. The molecular formula is C27H29N5O3. The van der Waals surface area contributed by atoms with Crippen molar-refractivity contribution in [2.75, 3.05) is 37.8 Å². The molecule has 0 aliphatic carbocycles. The average molecular weight is 472 g/mol. The second-order valence-electron chi connectivity index (χ2n) is 8.01. The summed E-state index contributed by atoms with van der Waals surface area (Å²) in [4.78, 5) is 14.4. The average Bonchev–Trinajstić information content (AvgIpc) is 3.45. The van der Waals surface area contributed by atoms with Crippen LogP contribution in [-0.2, 0) is 9.47 Å². The minimum atomic E-state index is -0.388. The maximum Gasteiger partial charge on any atom is 0.338 e. The third-order valence-corrected chi connectivity index (χ3v) is 5.50. The molecule has 1 saturated heterocycles. The van der Waals surface area contributed by atoms with E-state index < -0.39 is 0 Å². The Morgan fingerprint density at radius 3 is 1.66 bits per heavy atom. The normalized spacial score (nSPS) is 13.7. The highest BCUT2D eigenvalue weighted by Gasteiger charge is 2.11. The second kappa shape index (κ2) is 12.5. The molecule has 0 atom stereocenters. The van der Waals surface area contributed by atoms with Gasteiger partial charge in [-0.05, 0) is 92.6 Å². The van der Waals surface area contributed by atoms with Gasteiger partial charge in [0.1, 0.15) is 6.61 Å². The van der Waals surface area contributed by atoms with Gasteiger partial charge < -0.3 is 14.4 Å². The zero-order valence-electron chi connectivity index (χ0n) is 19.8. The van der Waals surface area contributed by atoms with E-state index in [1.807, 2.05) is 43.3 Å². The Hall–Kier alpha value is -3.91. The zero-order valence-corrected chi connectivity index (χ0v) is 19.8. The van der Waals surface area contributed by atoms with Gasteiger partial charge in [0, 0.05) is 25.4 Å². The number of carbonyl (C=O) groups excluding carboxylic acids is 1. The molecule has 3 aromatic rings. The van der Waals surface area contributed by atoms with Crippen molar-refractivity contribution >= 4 is 34.4 Å². The van der Waals surface area contributed by atoms with Crippen molar-refractivity contribution in [3.8, 4) is 0 Å². The highest BCUT2D eigenvalue weighted by molar-refractivity contribution is 5.89. The van der Waals surface area contributed by atoms with E-state index in [2.05, 4.69) is 37.5 Å². The monoisotopic (exact) mass is 471 g/mol. The quantitative estimate of drug-likeness (QED) is 0.176. The highest BCUT2D eigenvalue weighted by atomic mass is 16.6. The van der Waals surface area contributed by atoms with Gasteiger partial charge in [-0.2, -0.15) is 20.5 Å². The third-order valence-electron chi connectivity index (χ3n) is 5.50. The van der Waals surface area contributed by atoms with Crippen molar-refractivity contribution in [1.29, 1.82) is 0 Å². The molecule has 0 aromatic heterocycles. The fourth-order valence-electron chi connectivity index (χ4n) is 3.61. The Bertz CT molecular complexity index is 1140. The van der Waals surface area contributed by atoms with Crippen LogP contribution < -0.4 is 4.90 Å². The summed E-state index contributed by atoms with van der Waals surface area (Å²) in [7, 11) is 0. The second-order valence-corrected chi connectivity index (χ2v) is 8.01. The number of hydrogen-bond donors (Lipinski definition) is 0. The van der Waals surface area contributed by atoms with E-state index in [0.717, 1.165) is 24.5 Å². The van der Waals surface area contributed by atoms with E-state index in [0.29, 0.717) is 30.2 Å². The molecule has 8 nitrogen and oxygen atoms in total. The zero-order chi connectivity index (χ0) is 24.3. The number of carbonyl (C=O) groups is 1. The smallest absolute Gasteiger partial charge is 0.338 e. The van der Waals surface area contributed by atoms with Crippen LogP contribution in [0.15, 0.2) is 93.3 Å². The van der Waals surface area contributed by atoms with Crippen molar-refractivity contribution in [1.82, 2.24) is 0 Å². The molecule has 3 aromatic carbocycles. The third kappa shape index (κ3) is 7.28. The topological polar surface area (TPSA) is 88.2 Å². The molecule has 0 unspecified atom stereocenters. The van der Waals surface area contributed by atoms with E-state index in [9.17, 15) is 4.79 Å². The molecule has 35 heavy (non-hydrogen) atoms. The number of nitrogens with zero attached hydrogens (tertiary/aromatic N) is 5. The lowest BCUT2D eigenvalue weighted by atomic mass is 10.2. The van der Waals surface area contributed by atoms with Gasteiger partial charge in [0.05, 0.1) is 34.9 Å². The number of azo groups is 2. The Labute approximate surface area is 205 Å². The van der Waals surface area contributed by atoms with Crippen LogP contribution in [0.4, 0.5) is 28.4 Å². The first-order valence-electron chi connectivity index (χ1n) is 11.8. The van der Waals surface area contributed by atoms with E-state index in [1.165, 1.54) is 18.5 Å². The summed E-state index contributed by atoms with van der Waals surface area (Å²) in [6, 6.07) is 22.3. The predicted octanol–water partition coefficient (Wildman–Crippen LogP) is 7.31. The van der Waals surface area contributed by atoms with Gasteiger partial charge in [-0.25, -0.2) is 4.79 Å². The predicted molar refractivity (Wildman–Crippen MR) is 136 cm³/mol. The minimum Gasteiger partial charge on any atom is -0.460 e. The van der Waals surface area contributed by atoms with Gasteiger partial charge >= 0.3 is 5.97 Å². The van der Waals surface area contributed by atoms with E-state index in [1.54, 1.807) is 24.3 Å². The number of ether oxygens (including phenoxy) is 2. The maximum absolute atomic E-state index is 12.0. The van der Waals surface area contributed by atoms with Gasteiger partial charge in [0.15, 0.2) is 0 Å². The summed E-state index contributed by atoms with van der Waals surface area (Å²) in [5, 5.41) is 17.1. The molecule has 4 rings (SSSR count). The molecule has 1 aliphatic heterocycles. The summed E-state index contributed by atoms with van der Waals surface area (Å²) in [6.07, 6.45) is 2.52. The first-order valence-corrected chi connectivity index (χ1v) is 11.8. The van der Waals surface area contributed by atoms with Crippen molar-refractivity contribution < 1.29 is 14.3 Å². The summed E-state index contributed by atoms with van der Waals surface area (Å²) >= 11 is 0. The van der Waals surface area contributed by atoms with Crippen LogP contribution in [0.1, 0.15) is 30.1 Å². The summed E-state index contributed by atoms with van der Waals surface area (Å²) in [6.45, 7) is 5.36. The van der Waals surface area contributed by atoms with Gasteiger partial charge in [0.25, 0.3) is 0 Å². The van der Waals surface area contributed by atoms with Gasteiger partial charge in [-0.3, -0.25) is 0 Å². The van der Waals surface area contributed by atoms with Crippen LogP contribution >= 0.6 is 0 Å². The molecule has 1 fully saturated rings. The van der Waals surface area contributed by atoms with Crippen LogP contribution in [-0.4, -0.2) is 38.9 Å². The Balaban J connectivity index is 1.28. The Morgan fingerprint density at radius 1 is 0.714 bits per heavy atom. The highest BCUT2D eigenvalue weighted by Crippen LogP contribution is 2.26. The van der Waals surface area contributed by atoms with E-state index in [-0.39, 0.29) is 12.6 Å². The largest absolute Gasteiger partial charge is 0.460 e. The first-order chi connectivity index (χ1) is 17.2. The van der Waals surface area contributed by atoms with Crippen molar-refractivity contribution in [3.63, 3.8) is 0 Å². The van der Waals surface area contributed by atoms with Crippen LogP contribution in [0.5, 0.6) is 0 Å². The lowest BCUT2D eigenvalue weighted by Gasteiger charge is -2.17. The number of hydrogen-bond acceptors (Lipinski definition) is 8. The Kier molecular flexibility index (Phi) is 8.67. The number of esters is 1. The summed E-state index contributed by atoms with van der Waals surface area (Å²) < 4.78 is 10.3. The van der Waals surface area contributed by atoms with Crippen LogP contribution in [0.3, 0.4) is 0 Å². The molecule has 1 aliphatic rings. The molecule has 0 saturated carbocycles. The molecule has 8 heteroatoms. The molecule has 0 amide bonds. The SMILES string of the molecule is CCOCCOC(=O)c1ccc(N=Nc2ccc(N=Nc3ccc(N4CCCC4)cc3)cc2)cc1. The van der Waals surface area contributed by atoms with Crippen LogP contribution in [0.25, 0.3) is 0 Å². The Morgan fingerprint density at radius 2 is 1.17 bits per heavy atom. The van der Waals surface area contributed by atoms with Gasteiger partial charge in [-0.1, -0.05) is 0 Å². The van der Waals surface area contributed by atoms with Gasteiger partial charge in [-0.15, -0.1) is 0 Å². The molecule has 180 valence electrons. The fraction of sp³-hybridized carbons (Fsp3) is 0.296. The van der Waals surface area contributed by atoms with Crippen LogP contribution in [0, 0.1) is 0 Å². The molecule has 0 radical (unpaired) electrons. The van der Waals surface area contributed by atoms with E-state index in [4.69, 9.17) is 9.47 Å². The van der Waals surface area contributed by atoms with E-state index >= 15 is 0 Å². The van der Waals surface area contributed by atoms with Gasteiger partial charge in [0.2, 0.25) is 0 Å². The molecule has 0 bridgehead atoms.